The quantitative estimate of drug-likeness (QED) is 0.778. The Kier molecular flexibility index (Phi) is 2.40. The number of hydrogen-bond donors (Lipinski definition) is 1. The van der Waals surface area contributed by atoms with Crippen LogP contribution in [0.1, 0.15) is 5.56 Å². The summed E-state index contributed by atoms with van der Waals surface area (Å²) in [5.41, 5.74) is 2.19. The monoisotopic (exact) mass is 184 g/mol. The maximum Gasteiger partial charge on any atom is 0.227 e. The zero-order valence-electron chi connectivity index (χ0n) is 7.86. The molecule has 0 amide bonds. The minimum Gasteiger partial charge on any atom is -0.324 e. The van der Waals surface area contributed by atoms with Crippen LogP contribution >= 0.6 is 0 Å². The molecule has 3 nitrogen and oxygen atoms in total. The Morgan fingerprint density at radius 3 is 3.00 bits per heavy atom. The highest BCUT2D eigenvalue weighted by Gasteiger charge is 1.95. The van der Waals surface area contributed by atoms with Crippen LogP contribution < -0.4 is 5.32 Å². The number of benzene rings is 1. The van der Waals surface area contributed by atoms with Crippen LogP contribution in [0.25, 0.3) is 0 Å². The van der Waals surface area contributed by atoms with Crippen LogP contribution in [-0.4, -0.2) is 9.97 Å². The van der Waals surface area contributed by atoms with E-state index < -0.39 is 0 Å². The van der Waals surface area contributed by atoms with Gasteiger partial charge in [0.05, 0.1) is 6.20 Å². The van der Waals surface area contributed by atoms with Crippen LogP contribution in [0, 0.1) is 13.1 Å². The van der Waals surface area contributed by atoms with E-state index in [-0.39, 0.29) is 0 Å². The summed E-state index contributed by atoms with van der Waals surface area (Å²) in [5, 5.41) is 3.09. The molecule has 0 aliphatic heterocycles. The van der Waals surface area contributed by atoms with Crippen LogP contribution in [0.3, 0.4) is 0 Å². The largest absolute Gasteiger partial charge is 0.324 e. The van der Waals surface area contributed by atoms with E-state index >= 15 is 0 Å². The standard InChI is InChI=1S/C11H10N3/c1-9-4-2-5-10(8-9)14-11-12-6-3-7-13-11/h2-6,8H,1H3,(H,12,13,14). The summed E-state index contributed by atoms with van der Waals surface area (Å²) in [5.74, 6) is 0.568. The molecule has 3 heteroatoms. The highest BCUT2D eigenvalue weighted by molar-refractivity contribution is 5.53. The van der Waals surface area contributed by atoms with E-state index in [1.807, 2.05) is 31.2 Å². The van der Waals surface area contributed by atoms with E-state index in [0.717, 1.165) is 5.69 Å². The molecule has 1 heterocycles. The SMILES string of the molecule is Cc1cccc(Nc2n[c]ccn2)c1. The van der Waals surface area contributed by atoms with Crippen molar-refractivity contribution in [2.45, 2.75) is 6.92 Å². The van der Waals surface area contributed by atoms with E-state index in [4.69, 9.17) is 0 Å². The van der Waals surface area contributed by atoms with Gasteiger partial charge in [0.1, 0.15) is 0 Å². The maximum absolute atomic E-state index is 4.05. The van der Waals surface area contributed by atoms with Crippen molar-refractivity contribution < 1.29 is 0 Å². The van der Waals surface area contributed by atoms with E-state index in [1.54, 1.807) is 12.3 Å². The fraction of sp³-hybridized carbons (Fsp3) is 0.0909. The molecule has 2 aromatic rings. The molecule has 1 aromatic heterocycles. The van der Waals surface area contributed by atoms with Gasteiger partial charge in [-0.1, -0.05) is 12.1 Å². The van der Waals surface area contributed by atoms with Crippen molar-refractivity contribution in [2.24, 2.45) is 0 Å². The molecule has 1 N–H and O–H groups in total. The zero-order chi connectivity index (χ0) is 9.80. The number of hydrogen-bond acceptors (Lipinski definition) is 3. The van der Waals surface area contributed by atoms with E-state index in [1.165, 1.54) is 5.56 Å². The molecule has 1 aromatic carbocycles. The Balaban J connectivity index is 2.19. The summed E-state index contributed by atoms with van der Waals surface area (Å²) in [6.07, 6.45) is 4.38. The van der Waals surface area contributed by atoms with Crippen molar-refractivity contribution in [1.29, 1.82) is 0 Å². The summed E-state index contributed by atoms with van der Waals surface area (Å²) >= 11 is 0. The molecule has 0 aliphatic carbocycles. The van der Waals surface area contributed by atoms with Crippen LogP contribution in [0.5, 0.6) is 0 Å². The first-order valence-corrected chi connectivity index (χ1v) is 4.37. The fourth-order valence-electron chi connectivity index (χ4n) is 1.18. The molecule has 0 fully saturated rings. The van der Waals surface area contributed by atoms with Crippen molar-refractivity contribution in [3.05, 3.63) is 48.3 Å². The molecule has 2 rings (SSSR count). The molecule has 0 unspecified atom stereocenters. The predicted molar refractivity (Wildman–Crippen MR) is 55.3 cm³/mol. The second kappa shape index (κ2) is 3.87. The normalized spacial score (nSPS) is 9.79. The van der Waals surface area contributed by atoms with Gasteiger partial charge in [-0.25, -0.2) is 9.97 Å². The lowest BCUT2D eigenvalue weighted by Gasteiger charge is -2.03. The van der Waals surface area contributed by atoms with Crippen LogP contribution in [0.4, 0.5) is 11.6 Å². The van der Waals surface area contributed by atoms with Gasteiger partial charge in [-0.2, -0.15) is 0 Å². The Hall–Kier alpha value is -1.90. The molecule has 0 bridgehead atoms. The second-order valence-electron chi connectivity index (χ2n) is 3.00. The summed E-state index contributed by atoms with van der Waals surface area (Å²) in [6.45, 7) is 2.04. The molecule has 0 saturated heterocycles. The number of anilines is 2. The number of aromatic nitrogens is 2. The lowest BCUT2D eigenvalue weighted by Crippen LogP contribution is -1.95. The smallest absolute Gasteiger partial charge is 0.227 e. The summed E-state index contributed by atoms with van der Waals surface area (Å²) < 4.78 is 0. The number of nitrogens with zero attached hydrogens (tertiary/aromatic N) is 2. The van der Waals surface area contributed by atoms with Gasteiger partial charge >= 0.3 is 0 Å². The number of rotatable bonds is 2. The van der Waals surface area contributed by atoms with Gasteiger partial charge in [0, 0.05) is 11.9 Å². The third-order valence-corrected chi connectivity index (χ3v) is 1.79. The van der Waals surface area contributed by atoms with Crippen molar-refractivity contribution in [3.8, 4) is 0 Å². The molecule has 69 valence electrons. The van der Waals surface area contributed by atoms with Gasteiger partial charge in [-0.05, 0) is 30.7 Å². The van der Waals surface area contributed by atoms with Crippen LogP contribution in [0.2, 0.25) is 0 Å². The van der Waals surface area contributed by atoms with Gasteiger partial charge in [0.2, 0.25) is 5.95 Å². The Morgan fingerprint density at radius 2 is 2.29 bits per heavy atom. The molecule has 0 spiro atoms. The third kappa shape index (κ3) is 2.07. The topological polar surface area (TPSA) is 37.8 Å². The predicted octanol–water partition coefficient (Wildman–Crippen LogP) is 2.33. The summed E-state index contributed by atoms with van der Waals surface area (Å²) in [4.78, 5) is 8.01. The minimum absolute atomic E-state index is 0.568. The summed E-state index contributed by atoms with van der Waals surface area (Å²) in [6, 6.07) is 9.72. The third-order valence-electron chi connectivity index (χ3n) is 1.79. The first-order valence-electron chi connectivity index (χ1n) is 4.37. The molecular formula is C11H10N3. The minimum atomic E-state index is 0.568. The van der Waals surface area contributed by atoms with E-state index in [2.05, 4.69) is 21.5 Å². The van der Waals surface area contributed by atoms with Crippen LogP contribution in [0.15, 0.2) is 36.5 Å². The Bertz CT molecular complexity index is 412. The van der Waals surface area contributed by atoms with Gasteiger partial charge < -0.3 is 5.32 Å². The highest BCUT2D eigenvalue weighted by Crippen LogP contribution is 2.12. The van der Waals surface area contributed by atoms with Gasteiger partial charge in [0.15, 0.2) is 0 Å². The van der Waals surface area contributed by atoms with Crippen molar-refractivity contribution in [2.75, 3.05) is 5.32 Å². The molecule has 0 atom stereocenters. The van der Waals surface area contributed by atoms with Crippen molar-refractivity contribution in [1.82, 2.24) is 9.97 Å². The lowest BCUT2D eigenvalue weighted by molar-refractivity contribution is 1.16. The summed E-state index contributed by atoms with van der Waals surface area (Å²) in [7, 11) is 0. The molecule has 0 aliphatic rings. The molecular weight excluding hydrogens is 174 g/mol. The first kappa shape index (κ1) is 8.69. The number of nitrogens with one attached hydrogen (secondary N) is 1. The van der Waals surface area contributed by atoms with Gasteiger partial charge in [-0.15, -0.1) is 0 Å². The Labute approximate surface area is 82.8 Å². The van der Waals surface area contributed by atoms with Gasteiger partial charge in [-0.3, -0.25) is 0 Å². The Morgan fingerprint density at radius 1 is 1.36 bits per heavy atom. The van der Waals surface area contributed by atoms with Gasteiger partial charge in [0.25, 0.3) is 0 Å². The number of aryl methyl sites for hydroxylation is 1. The van der Waals surface area contributed by atoms with E-state index in [9.17, 15) is 0 Å². The van der Waals surface area contributed by atoms with Crippen molar-refractivity contribution in [3.63, 3.8) is 0 Å². The molecule has 1 radical (unpaired) electrons. The lowest BCUT2D eigenvalue weighted by atomic mass is 10.2. The van der Waals surface area contributed by atoms with Crippen molar-refractivity contribution >= 4 is 11.6 Å². The molecule has 0 saturated carbocycles. The average molecular weight is 184 g/mol. The highest BCUT2D eigenvalue weighted by atomic mass is 15.1. The average Bonchev–Trinajstić information content (AvgIpc) is 2.19. The second-order valence-corrected chi connectivity index (χ2v) is 3.00. The zero-order valence-corrected chi connectivity index (χ0v) is 7.86. The van der Waals surface area contributed by atoms with E-state index in [0.29, 0.717) is 5.95 Å². The van der Waals surface area contributed by atoms with Crippen LogP contribution in [-0.2, 0) is 0 Å². The molecule has 14 heavy (non-hydrogen) atoms. The maximum atomic E-state index is 4.05. The first-order chi connectivity index (χ1) is 6.84. The fourth-order valence-corrected chi connectivity index (χ4v) is 1.18.